The van der Waals surface area contributed by atoms with Gasteiger partial charge in [-0.15, -0.1) is 6.58 Å². The smallest absolute Gasteiger partial charge is 0.251 e. The first-order valence-corrected chi connectivity index (χ1v) is 5.36. The molecule has 0 fully saturated rings. The maximum atomic E-state index is 11.6. The van der Waals surface area contributed by atoms with E-state index in [2.05, 4.69) is 11.9 Å². The Kier molecular flexibility index (Phi) is 5.96. The topological polar surface area (TPSA) is 38.3 Å². The van der Waals surface area contributed by atoms with E-state index >= 15 is 0 Å². The van der Waals surface area contributed by atoms with Gasteiger partial charge in [-0.2, -0.15) is 0 Å². The van der Waals surface area contributed by atoms with Crippen molar-refractivity contribution in [3.63, 3.8) is 0 Å². The Bertz CT molecular complexity index is 322. The molecule has 1 amide bonds. The van der Waals surface area contributed by atoms with Crippen molar-refractivity contribution in [2.75, 3.05) is 19.8 Å². The van der Waals surface area contributed by atoms with E-state index in [0.29, 0.717) is 25.3 Å². The Morgan fingerprint density at radius 1 is 1.31 bits per heavy atom. The third-order valence-electron chi connectivity index (χ3n) is 2.03. The van der Waals surface area contributed by atoms with Crippen LogP contribution in [-0.4, -0.2) is 25.7 Å². The average Bonchev–Trinajstić information content (AvgIpc) is 2.34. The maximum Gasteiger partial charge on any atom is 0.251 e. The Balaban J connectivity index is 2.14. The quantitative estimate of drug-likeness (QED) is 0.562. The van der Waals surface area contributed by atoms with E-state index < -0.39 is 0 Å². The van der Waals surface area contributed by atoms with Gasteiger partial charge in [-0.25, -0.2) is 0 Å². The van der Waals surface area contributed by atoms with E-state index in [9.17, 15) is 4.79 Å². The van der Waals surface area contributed by atoms with Crippen molar-refractivity contribution < 1.29 is 9.53 Å². The van der Waals surface area contributed by atoms with Crippen LogP contribution >= 0.6 is 0 Å². The molecule has 0 atom stereocenters. The summed E-state index contributed by atoms with van der Waals surface area (Å²) in [5.41, 5.74) is 0.675. The van der Waals surface area contributed by atoms with E-state index in [4.69, 9.17) is 4.74 Å². The highest BCUT2D eigenvalue weighted by Crippen LogP contribution is 1.97. The predicted octanol–water partition coefficient (Wildman–Crippen LogP) is 2.01. The second-order valence-electron chi connectivity index (χ2n) is 3.31. The summed E-state index contributed by atoms with van der Waals surface area (Å²) in [7, 11) is 0. The number of nitrogens with one attached hydrogen (secondary N) is 1. The Hall–Kier alpha value is -1.61. The summed E-state index contributed by atoms with van der Waals surface area (Å²) in [6.07, 6.45) is 2.65. The molecule has 0 radical (unpaired) electrons. The summed E-state index contributed by atoms with van der Waals surface area (Å²) in [5, 5.41) is 2.79. The second kappa shape index (κ2) is 7.65. The first-order valence-electron chi connectivity index (χ1n) is 5.36. The molecule has 86 valence electrons. The van der Waals surface area contributed by atoms with Gasteiger partial charge in [-0.05, 0) is 18.6 Å². The van der Waals surface area contributed by atoms with Crippen LogP contribution in [-0.2, 0) is 4.74 Å². The number of hydrogen-bond donors (Lipinski definition) is 1. The van der Waals surface area contributed by atoms with Gasteiger partial charge in [0.2, 0.25) is 0 Å². The molecule has 16 heavy (non-hydrogen) atoms. The van der Waals surface area contributed by atoms with Crippen LogP contribution in [0.3, 0.4) is 0 Å². The van der Waals surface area contributed by atoms with Gasteiger partial charge in [0, 0.05) is 12.1 Å². The molecule has 0 heterocycles. The van der Waals surface area contributed by atoms with Gasteiger partial charge < -0.3 is 10.1 Å². The fraction of sp³-hybridized carbons (Fsp3) is 0.308. The standard InChI is InChI=1S/C13H17NO2/c1-2-3-10-16-11-9-14-13(15)12-7-5-4-6-8-12/h2,4-8H,1,3,9-11H2,(H,14,15). The molecule has 3 nitrogen and oxygen atoms in total. The molecule has 0 aliphatic carbocycles. The lowest BCUT2D eigenvalue weighted by atomic mass is 10.2. The molecule has 0 aliphatic heterocycles. The van der Waals surface area contributed by atoms with Gasteiger partial charge in [0.15, 0.2) is 0 Å². The van der Waals surface area contributed by atoms with Crippen molar-refractivity contribution in [3.05, 3.63) is 48.6 Å². The van der Waals surface area contributed by atoms with Crippen LogP contribution in [0.2, 0.25) is 0 Å². The largest absolute Gasteiger partial charge is 0.379 e. The summed E-state index contributed by atoms with van der Waals surface area (Å²) in [5.74, 6) is -0.0621. The molecule has 0 unspecified atom stereocenters. The molecule has 0 bridgehead atoms. The van der Waals surface area contributed by atoms with Crippen LogP contribution in [0.25, 0.3) is 0 Å². The lowest BCUT2D eigenvalue weighted by molar-refractivity contribution is 0.0918. The van der Waals surface area contributed by atoms with Gasteiger partial charge in [0.25, 0.3) is 5.91 Å². The minimum atomic E-state index is -0.0621. The van der Waals surface area contributed by atoms with Crippen LogP contribution in [0.5, 0.6) is 0 Å². The summed E-state index contributed by atoms with van der Waals surface area (Å²) in [6, 6.07) is 9.14. The van der Waals surface area contributed by atoms with Crippen LogP contribution < -0.4 is 5.32 Å². The zero-order valence-electron chi connectivity index (χ0n) is 9.32. The van der Waals surface area contributed by atoms with Crippen LogP contribution in [0.1, 0.15) is 16.8 Å². The zero-order valence-corrected chi connectivity index (χ0v) is 9.32. The monoisotopic (exact) mass is 219 g/mol. The summed E-state index contributed by atoms with van der Waals surface area (Å²) < 4.78 is 5.27. The van der Waals surface area contributed by atoms with Gasteiger partial charge in [-0.3, -0.25) is 4.79 Å². The molecule has 1 aromatic rings. The van der Waals surface area contributed by atoms with E-state index in [1.165, 1.54) is 0 Å². The molecule has 1 N–H and O–H groups in total. The Morgan fingerprint density at radius 3 is 2.75 bits per heavy atom. The van der Waals surface area contributed by atoms with Crippen molar-refractivity contribution >= 4 is 5.91 Å². The van der Waals surface area contributed by atoms with E-state index in [1.54, 1.807) is 12.1 Å². The molecule has 0 saturated heterocycles. The first-order chi connectivity index (χ1) is 7.84. The van der Waals surface area contributed by atoms with Gasteiger partial charge in [0.1, 0.15) is 0 Å². The molecular formula is C13H17NO2. The molecule has 0 saturated carbocycles. The minimum Gasteiger partial charge on any atom is -0.379 e. The van der Waals surface area contributed by atoms with Crippen molar-refractivity contribution in [1.29, 1.82) is 0 Å². The molecule has 0 spiro atoms. The van der Waals surface area contributed by atoms with Crippen molar-refractivity contribution in [2.24, 2.45) is 0 Å². The van der Waals surface area contributed by atoms with Crippen molar-refractivity contribution in [3.8, 4) is 0 Å². The number of ether oxygens (including phenoxy) is 1. The number of carbonyl (C=O) groups is 1. The fourth-order valence-corrected chi connectivity index (χ4v) is 1.20. The third-order valence-corrected chi connectivity index (χ3v) is 2.03. The molecule has 3 heteroatoms. The number of hydrogen-bond acceptors (Lipinski definition) is 2. The van der Waals surface area contributed by atoms with Gasteiger partial charge in [0.05, 0.1) is 13.2 Å². The van der Waals surface area contributed by atoms with E-state index in [0.717, 1.165) is 6.42 Å². The minimum absolute atomic E-state index is 0.0621. The van der Waals surface area contributed by atoms with Crippen molar-refractivity contribution in [1.82, 2.24) is 5.32 Å². The number of amides is 1. The summed E-state index contributed by atoms with van der Waals surface area (Å²) >= 11 is 0. The molecule has 1 aromatic carbocycles. The summed E-state index contributed by atoms with van der Waals surface area (Å²) in [6.45, 7) is 5.32. The highest BCUT2D eigenvalue weighted by atomic mass is 16.5. The second-order valence-corrected chi connectivity index (χ2v) is 3.31. The SMILES string of the molecule is C=CCCOCCNC(=O)c1ccccc1. The normalized spacial score (nSPS) is 9.75. The predicted molar refractivity (Wildman–Crippen MR) is 64.4 cm³/mol. The molecule has 0 aliphatic rings. The molecular weight excluding hydrogens is 202 g/mol. The fourth-order valence-electron chi connectivity index (χ4n) is 1.20. The van der Waals surface area contributed by atoms with Crippen LogP contribution in [0.4, 0.5) is 0 Å². The third kappa shape index (κ3) is 4.75. The summed E-state index contributed by atoms with van der Waals surface area (Å²) in [4.78, 5) is 11.6. The maximum absolute atomic E-state index is 11.6. The lowest BCUT2D eigenvalue weighted by Gasteiger charge is -2.05. The number of carbonyl (C=O) groups excluding carboxylic acids is 1. The van der Waals surface area contributed by atoms with Gasteiger partial charge >= 0.3 is 0 Å². The Labute approximate surface area is 96.1 Å². The van der Waals surface area contributed by atoms with E-state index in [-0.39, 0.29) is 5.91 Å². The Morgan fingerprint density at radius 2 is 2.06 bits per heavy atom. The highest BCUT2D eigenvalue weighted by molar-refractivity contribution is 5.94. The number of rotatable bonds is 7. The zero-order chi connectivity index (χ0) is 11.6. The molecule has 1 rings (SSSR count). The molecule has 0 aromatic heterocycles. The lowest BCUT2D eigenvalue weighted by Crippen LogP contribution is -2.27. The van der Waals surface area contributed by atoms with Crippen LogP contribution in [0.15, 0.2) is 43.0 Å². The first kappa shape index (κ1) is 12.5. The number of benzene rings is 1. The average molecular weight is 219 g/mol. The van der Waals surface area contributed by atoms with E-state index in [1.807, 2.05) is 24.3 Å². The van der Waals surface area contributed by atoms with Crippen molar-refractivity contribution in [2.45, 2.75) is 6.42 Å². The highest BCUT2D eigenvalue weighted by Gasteiger charge is 2.02. The van der Waals surface area contributed by atoms with Crippen LogP contribution in [0, 0.1) is 0 Å². The van der Waals surface area contributed by atoms with Gasteiger partial charge in [-0.1, -0.05) is 24.3 Å².